The molecule has 1 N–H and O–H groups in total. The van der Waals surface area contributed by atoms with Crippen LogP contribution in [0.4, 0.5) is 10.1 Å². The van der Waals surface area contributed by atoms with Crippen LogP contribution >= 0.6 is 34.8 Å². The normalized spacial score (nSPS) is 11.7. The van der Waals surface area contributed by atoms with Crippen molar-refractivity contribution in [2.75, 3.05) is 5.32 Å². The Hall–Kier alpha value is -1.82. The van der Waals surface area contributed by atoms with Gasteiger partial charge in [0.1, 0.15) is 5.82 Å². The van der Waals surface area contributed by atoms with Crippen LogP contribution in [0.2, 0.25) is 15.1 Å². The van der Waals surface area contributed by atoms with Crippen LogP contribution in [0, 0.1) is 5.82 Å². The number of carbonyl (C=O) groups excluding carboxylic acids is 2. The van der Waals surface area contributed by atoms with E-state index in [1.165, 1.54) is 43.3 Å². The Balaban J connectivity index is 1.97. The zero-order chi connectivity index (χ0) is 18.6. The summed E-state index contributed by atoms with van der Waals surface area (Å²) in [6.07, 6.45) is -1.48. The van der Waals surface area contributed by atoms with Crippen molar-refractivity contribution in [2.24, 2.45) is 0 Å². The van der Waals surface area contributed by atoms with E-state index in [0.29, 0.717) is 15.7 Å². The van der Waals surface area contributed by atoms with Crippen LogP contribution < -0.4 is 5.32 Å². The van der Waals surface area contributed by atoms with Crippen molar-refractivity contribution in [3.63, 3.8) is 0 Å². The van der Waals surface area contributed by atoms with Crippen LogP contribution in [-0.2, 0) is 20.7 Å². The van der Waals surface area contributed by atoms with Crippen LogP contribution in [0.15, 0.2) is 36.4 Å². The Labute approximate surface area is 158 Å². The summed E-state index contributed by atoms with van der Waals surface area (Å²) >= 11 is 17.6. The van der Waals surface area contributed by atoms with Crippen molar-refractivity contribution >= 4 is 52.4 Å². The maximum atomic E-state index is 13.7. The average molecular weight is 405 g/mol. The second-order valence-corrected chi connectivity index (χ2v) is 6.44. The van der Waals surface area contributed by atoms with Crippen LogP contribution in [-0.4, -0.2) is 18.0 Å². The van der Waals surface area contributed by atoms with Crippen molar-refractivity contribution < 1.29 is 18.7 Å². The molecular weight excluding hydrogens is 392 g/mol. The van der Waals surface area contributed by atoms with Crippen LogP contribution in [0.1, 0.15) is 12.5 Å². The van der Waals surface area contributed by atoms with Gasteiger partial charge in [0.15, 0.2) is 6.10 Å². The largest absolute Gasteiger partial charge is 0.452 e. The molecule has 2 aromatic carbocycles. The van der Waals surface area contributed by atoms with E-state index in [2.05, 4.69) is 5.32 Å². The number of hydrogen-bond acceptors (Lipinski definition) is 3. The molecule has 0 aliphatic rings. The van der Waals surface area contributed by atoms with E-state index in [4.69, 9.17) is 39.5 Å². The van der Waals surface area contributed by atoms with Crippen molar-refractivity contribution in [2.45, 2.75) is 19.4 Å². The lowest BCUT2D eigenvalue weighted by atomic mass is 10.1. The Morgan fingerprint density at radius 1 is 1.16 bits per heavy atom. The molecule has 0 saturated carbocycles. The van der Waals surface area contributed by atoms with E-state index in [1.54, 1.807) is 0 Å². The molecule has 0 fully saturated rings. The minimum Gasteiger partial charge on any atom is -0.452 e. The van der Waals surface area contributed by atoms with Gasteiger partial charge in [-0.25, -0.2) is 4.39 Å². The fraction of sp³-hybridized carbons (Fsp3) is 0.176. The van der Waals surface area contributed by atoms with Gasteiger partial charge in [-0.3, -0.25) is 9.59 Å². The summed E-state index contributed by atoms with van der Waals surface area (Å²) in [5.74, 6) is -1.97. The van der Waals surface area contributed by atoms with Crippen molar-refractivity contribution in [1.29, 1.82) is 0 Å². The smallest absolute Gasteiger partial charge is 0.311 e. The van der Waals surface area contributed by atoms with Crippen molar-refractivity contribution in [1.82, 2.24) is 0 Å². The molecule has 0 heterocycles. The second-order valence-electron chi connectivity index (χ2n) is 5.16. The Morgan fingerprint density at radius 3 is 2.40 bits per heavy atom. The second kappa shape index (κ2) is 8.52. The molecule has 8 heteroatoms. The molecular formula is C17H13Cl3FNO3. The monoisotopic (exact) mass is 403 g/mol. The highest BCUT2D eigenvalue weighted by atomic mass is 35.5. The molecule has 0 aromatic heterocycles. The first-order valence-electron chi connectivity index (χ1n) is 7.15. The number of amides is 1. The lowest BCUT2D eigenvalue weighted by molar-refractivity contribution is -0.152. The molecule has 1 atom stereocenters. The Bertz CT molecular complexity index is 773. The number of halogens is 4. The number of benzene rings is 2. The van der Waals surface area contributed by atoms with Gasteiger partial charge in [-0.1, -0.05) is 40.9 Å². The number of esters is 1. The zero-order valence-electron chi connectivity index (χ0n) is 13.0. The molecule has 0 radical (unpaired) electrons. The molecule has 0 spiro atoms. The first kappa shape index (κ1) is 19.5. The Kier molecular flexibility index (Phi) is 6.64. The summed E-state index contributed by atoms with van der Waals surface area (Å²) in [7, 11) is 0. The van der Waals surface area contributed by atoms with Gasteiger partial charge in [0.25, 0.3) is 5.91 Å². The van der Waals surface area contributed by atoms with E-state index in [0.717, 1.165) is 0 Å². The van der Waals surface area contributed by atoms with Gasteiger partial charge in [0, 0.05) is 26.3 Å². The molecule has 2 rings (SSSR count). The van der Waals surface area contributed by atoms with Gasteiger partial charge in [-0.15, -0.1) is 0 Å². The molecule has 0 saturated heterocycles. The SMILES string of the molecule is C[C@H](OC(=O)Cc1c(F)cccc1Cl)C(=O)Nc1cc(Cl)cc(Cl)c1. The Morgan fingerprint density at radius 2 is 1.80 bits per heavy atom. The first-order valence-corrected chi connectivity index (χ1v) is 8.29. The van der Waals surface area contributed by atoms with Crippen LogP contribution in [0.5, 0.6) is 0 Å². The highest BCUT2D eigenvalue weighted by Crippen LogP contribution is 2.23. The molecule has 1 amide bonds. The van der Waals surface area contributed by atoms with E-state index < -0.39 is 23.8 Å². The van der Waals surface area contributed by atoms with Gasteiger partial charge < -0.3 is 10.1 Å². The topological polar surface area (TPSA) is 55.4 Å². The summed E-state index contributed by atoms with van der Waals surface area (Å²) in [6.45, 7) is 1.39. The number of anilines is 1. The van der Waals surface area contributed by atoms with Gasteiger partial charge >= 0.3 is 5.97 Å². The molecule has 0 aliphatic carbocycles. The maximum Gasteiger partial charge on any atom is 0.311 e. The number of hydrogen-bond donors (Lipinski definition) is 1. The van der Waals surface area contributed by atoms with Gasteiger partial charge in [-0.2, -0.15) is 0 Å². The van der Waals surface area contributed by atoms with E-state index in [1.807, 2.05) is 0 Å². The quantitative estimate of drug-likeness (QED) is 0.721. The third kappa shape index (κ3) is 5.59. The summed E-state index contributed by atoms with van der Waals surface area (Å²) in [5.41, 5.74) is 0.381. The summed E-state index contributed by atoms with van der Waals surface area (Å²) < 4.78 is 18.7. The van der Waals surface area contributed by atoms with Gasteiger partial charge in [-0.05, 0) is 37.3 Å². The van der Waals surface area contributed by atoms with Gasteiger partial charge in [0.05, 0.1) is 6.42 Å². The lowest BCUT2D eigenvalue weighted by Gasteiger charge is -2.14. The summed E-state index contributed by atoms with van der Waals surface area (Å²) in [5, 5.41) is 3.34. The van der Waals surface area contributed by atoms with Crippen LogP contribution in [0.3, 0.4) is 0 Å². The van der Waals surface area contributed by atoms with E-state index >= 15 is 0 Å². The van der Waals surface area contributed by atoms with Crippen molar-refractivity contribution in [3.05, 3.63) is 62.8 Å². The van der Waals surface area contributed by atoms with Gasteiger partial charge in [0.2, 0.25) is 0 Å². The fourth-order valence-electron chi connectivity index (χ4n) is 2.01. The molecule has 0 unspecified atom stereocenters. The molecule has 132 valence electrons. The zero-order valence-corrected chi connectivity index (χ0v) is 15.3. The maximum absolute atomic E-state index is 13.7. The van der Waals surface area contributed by atoms with E-state index in [-0.39, 0.29) is 17.0 Å². The first-order chi connectivity index (χ1) is 11.8. The number of nitrogens with one attached hydrogen (secondary N) is 1. The number of carbonyl (C=O) groups is 2. The fourth-order valence-corrected chi connectivity index (χ4v) is 2.76. The third-order valence-corrected chi connectivity index (χ3v) is 3.98. The third-order valence-electron chi connectivity index (χ3n) is 3.19. The predicted molar refractivity (Wildman–Crippen MR) is 95.8 cm³/mol. The molecule has 4 nitrogen and oxygen atoms in total. The molecule has 25 heavy (non-hydrogen) atoms. The minimum absolute atomic E-state index is 0.0170. The predicted octanol–water partition coefficient (Wildman–Crippen LogP) is 4.90. The molecule has 0 bridgehead atoms. The summed E-state index contributed by atoms with van der Waals surface area (Å²) in [6, 6.07) is 8.59. The van der Waals surface area contributed by atoms with Crippen LogP contribution in [0.25, 0.3) is 0 Å². The lowest BCUT2D eigenvalue weighted by Crippen LogP contribution is -2.30. The number of ether oxygens (including phenoxy) is 1. The highest BCUT2D eigenvalue weighted by molar-refractivity contribution is 6.35. The minimum atomic E-state index is -1.10. The highest BCUT2D eigenvalue weighted by Gasteiger charge is 2.20. The standard InChI is InChI=1S/C17H13Cl3FNO3/c1-9(17(24)22-12-6-10(18)5-11(19)7-12)25-16(23)8-13-14(20)3-2-4-15(13)21/h2-7,9H,8H2,1H3,(H,22,24)/t9-/m0/s1. The number of rotatable bonds is 5. The van der Waals surface area contributed by atoms with Crippen molar-refractivity contribution in [3.8, 4) is 0 Å². The molecule has 0 aliphatic heterocycles. The van der Waals surface area contributed by atoms with E-state index in [9.17, 15) is 14.0 Å². The summed E-state index contributed by atoms with van der Waals surface area (Å²) in [4.78, 5) is 24.0. The average Bonchev–Trinajstić information content (AvgIpc) is 2.50. The molecule has 2 aromatic rings.